The predicted octanol–water partition coefficient (Wildman–Crippen LogP) is 2.33. The molecule has 1 N–H and O–H groups in total. The van der Waals surface area contributed by atoms with E-state index in [4.69, 9.17) is 4.74 Å². The summed E-state index contributed by atoms with van der Waals surface area (Å²) in [5.41, 5.74) is -0.255. The molecule has 5 nitrogen and oxygen atoms in total. The van der Waals surface area contributed by atoms with Crippen LogP contribution in [0.3, 0.4) is 0 Å². The van der Waals surface area contributed by atoms with E-state index in [1.807, 2.05) is 6.92 Å². The van der Waals surface area contributed by atoms with Gasteiger partial charge in [0.25, 0.3) is 0 Å². The van der Waals surface area contributed by atoms with Crippen molar-refractivity contribution >= 4 is 5.97 Å². The van der Waals surface area contributed by atoms with Crippen LogP contribution in [0.2, 0.25) is 0 Å². The van der Waals surface area contributed by atoms with E-state index in [1.165, 1.54) is 7.11 Å². The molecule has 0 amide bonds. The van der Waals surface area contributed by atoms with Crippen LogP contribution < -0.4 is 4.74 Å². The fourth-order valence-corrected chi connectivity index (χ4v) is 2.81. The van der Waals surface area contributed by atoms with Gasteiger partial charge >= 0.3 is 5.97 Å². The van der Waals surface area contributed by atoms with E-state index >= 15 is 0 Å². The summed E-state index contributed by atoms with van der Waals surface area (Å²) in [6, 6.07) is 0. The van der Waals surface area contributed by atoms with Crippen LogP contribution in [0.1, 0.15) is 50.4 Å². The Balaban J connectivity index is 2.50. The Labute approximate surface area is 113 Å². The summed E-state index contributed by atoms with van der Waals surface area (Å²) in [5, 5.41) is 9.68. The summed E-state index contributed by atoms with van der Waals surface area (Å²) in [4.78, 5) is 20.4. The van der Waals surface area contributed by atoms with Gasteiger partial charge in [-0.1, -0.05) is 26.2 Å². The first-order chi connectivity index (χ1) is 9.14. The third-order valence-electron chi connectivity index (χ3n) is 3.95. The molecular weight excluding hydrogens is 244 g/mol. The summed E-state index contributed by atoms with van der Waals surface area (Å²) in [5.74, 6) is 0.298. The van der Waals surface area contributed by atoms with E-state index in [0.717, 1.165) is 19.3 Å². The lowest BCUT2D eigenvalue weighted by atomic mass is 9.70. The number of aliphatic carboxylic acids is 1. The summed E-state index contributed by atoms with van der Waals surface area (Å²) in [6.45, 7) is 1.96. The molecule has 1 aromatic heterocycles. The molecule has 19 heavy (non-hydrogen) atoms. The second-order valence-electron chi connectivity index (χ2n) is 5.01. The van der Waals surface area contributed by atoms with Crippen LogP contribution >= 0.6 is 0 Å². The lowest BCUT2D eigenvalue weighted by molar-refractivity contribution is -0.145. The Morgan fingerprint density at radius 3 is 2.63 bits per heavy atom. The minimum absolute atomic E-state index is 0.413. The molecule has 0 bridgehead atoms. The third-order valence-corrected chi connectivity index (χ3v) is 3.95. The van der Waals surface area contributed by atoms with Crippen LogP contribution in [0, 0.1) is 0 Å². The molecule has 1 aliphatic rings. The normalized spacial score (nSPS) is 18.0. The Morgan fingerprint density at radius 1 is 1.42 bits per heavy atom. The maximum absolute atomic E-state index is 11.8. The number of aryl methyl sites for hydroxylation is 1. The van der Waals surface area contributed by atoms with Crippen molar-refractivity contribution in [3.05, 3.63) is 17.6 Å². The summed E-state index contributed by atoms with van der Waals surface area (Å²) < 4.78 is 5.30. The zero-order valence-electron chi connectivity index (χ0n) is 11.5. The van der Waals surface area contributed by atoms with Crippen molar-refractivity contribution in [3.63, 3.8) is 0 Å². The second kappa shape index (κ2) is 5.55. The number of rotatable bonds is 4. The number of carboxylic acid groups (broad SMARTS) is 1. The minimum Gasteiger partial charge on any atom is -0.481 e. The van der Waals surface area contributed by atoms with Gasteiger partial charge in [0.1, 0.15) is 5.82 Å². The second-order valence-corrected chi connectivity index (χ2v) is 5.01. The average Bonchev–Trinajstić information content (AvgIpc) is 2.47. The van der Waals surface area contributed by atoms with E-state index in [9.17, 15) is 9.90 Å². The number of carboxylic acids is 1. The highest BCUT2D eigenvalue weighted by molar-refractivity contribution is 5.82. The third kappa shape index (κ3) is 2.41. The van der Waals surface area contributed by atoms with Crippen LogP contribution in [0.25, 0.3) is 0 Å². The van der Waals surface area contributed by atoms with Gasteiger partial charge in [0.2, 0.25) is 5.88 Å². The van der Waals surface area contributed by atoms with Crippen molar-refractivity contribution in [2.45, 2.75) is 50.9 Å². The Morgan fingerprint density at radius 2 is 2.11 bits per heavy atom. The zero-order chi connectivity index (χ0) is 13.9. The molecule has 1 saturated carbocycles. The maximum Gasteiger partial charge on any atom is 0.314 e. The molecule has 0 unspecified atom stereocenters. The number of methoxy groups -OCH3 is 1. The highest BCUT2D eigenvalue weighted by atomic mass is 16.5. The largest absolute Gasteiger partial charge is 0.481 e. The Hall–Kier alpha value is -1.65. The molecule has 0 saturated heterocycles. The Bertz CT molecular complexity index is 468. The lowest BCUT2D eigenvalue weighted by Crippen LogP contribution is -2.38. The van der Waals surface area contributed by atoms with Crippen LogP contribution in [-0.4, -0.2) is 28.2 Å². The number of aromatic nitrogens is 2. The molecule has 0 aliphatic heterocycles. The molecule has 0 radical (unpaired) electrons. The number of hydrogen-bond acceptors (Lipinski definition) is 4. The lowest BCUT2D eigenvalue weighted by Gasteiger charge is -2.33. The number of nitrogens with zero attached hydrogens (tertiary/aromatic N) is 2. The first kappa shape index (κ1) is 13.8. The molecule has 1 heterocycles. The smallest absolute Gasteiger partial charge is 0.314 e. The van der Waals surface area contributed by atoms with Gasteiger partial charge in [-0.05, 0) is 12.8 Å². The molecular formula is C14H20N2O3. The maximum atomic E-state index is 11.8. The van der Waals surface area contributed by atoms with E-state index in [1.54, 1.807) is 6.20 Å². The van der Waals surface area contributed by atoms with Gasteiger partial charge in [-0.3, -0.25) is 4.79 Å². The molecule has 0 aromatic carbocycles. The summed E-state index contributed by atoms with van der Waals surface area (Å²) in [7, 11) is 1.53. The van der Waals surface area contributed by atoms with Crippen molar-refractivity contribution in [1.82, 2.24) is 9.97 Å². The molecule has 0 spiro atoms. The van der Waals surface area contributed by atoms with Crippen molar-refractivity contribution in [3.8, 4) is 5.88 Å². The Kier molecular flexibility index (Phi) is 4.02. The number of hydrogen-bond donors (Lipinski definition) is 1. The predicted molar refractivity (Wildman–Crippen MR) is 70.4 cm³/mol. The van der Waals surface area contributed by atoms with E-state index in [-0.39, 0.29) is 0 Å². The molecule has 0 atom stereocenters. The standard InChI is InChI=1S/C14H20N2O3/c1-3-11-15-9-10(12(16-11)19-2)14(13(17)18)7-5-4-6-8-14/h9H,3-8H2,1-2H3,(H,17,18). The fraction of sp³-hybridized carbons (Fsp3) is 0.643. The van der Waals surface area contributed by atoms with Crippen molar-refractivity contribution in [2.24, 2.45) is 0 Å². The van der Waals surface area contributed by atoms with Crippen LogP contribution in [-0.2, 0) is 16.6 Å². The van der Waals surface area contributed by atoms with E-state index < -0.39 is 11.4 Å². The average molecular weight is 264 g/mol. The molecule has 104 valence electrons. The molecule has 1 fully saturated rings. The van der Waals surface area contributed by atoms with E-state index in [2.05, 4.69) is 9.97 Å². The van der Waals surface area contributed by atoms with Crippen molar-refractivity contribution < 1.29 is 14.6 Å². The first-order valence-corrected chi connectivity index (χ1v) is 6.78. The van der Waals surface area contributed by atoms with Crippen molar-refractivity contribution in [1.29, 1.82) is 0 Å². The minimum atomic E-state index is -0.879. The van der Waals surface area contributed by atoms with Gasteiger partial charge in [-0.25, -0.2) is 4.98 Å². The van der Waals surface area contributed by atoms with Gasteiger partial charge in [0, 0.05) is 18.2 Å². The van der Waals surface area contributed by atoms with Gasteiger partial charge in [-0.2, -0.15) is 4.98 Å². The molecule has 2 rings (SSSR count). The first-order valence-electron chi connectivity index (χ1n) is 6.78. The highest BCUT2D eigenvalue weighted by Gasteiger charge is 2.44. The molecule has 5 heteroatoms. The molecule has 1 aliphatic carbocycles. The van der Waals surface area contributed by atoms with Gasteiger partial charge < -0.3 is 9.84 Å². The van der Waals surface area contributed by atoms with Gasteiger partial charge in [-0.15, -0.1) is 0 Å². The monoisotopic (exact) mass is 264 g/mol. The fourth-order valence-electron chi connectivity index (χ4n) is 2.81. The quantitative estimate of drug-likeness (QED) is 0.903. The highest BCUT2D eigenvalue weighted by Crippen LogP contribution is 2.42. The topological polar surface area (TPSA) is 72.3 Å². The zero-order valence-corrected chi connectivity index (χ0v) is 11.5. The van der Waals surface area contributed by atoms with E-state index in [0.29, 0.717) is 36.5 Å². The summed E-state index contributed by atoms with van der Waals surface area (Å²) in [6.07, 6.45) is 6.54. The van der Waals surface area contributed by atoms with Crippen LogP contribution in [0.5, 0.6) is 5.88 Å². The van der Waals surface area contributed by atoms with Gasteiger partial charge in [0.15, 0.2) is 0 Å². The number of carbonyl (C=O) groups is 1. The van der Waals surface area contributed by atoms with Crippen LogP contribution in [0.4, 0.5) is 0 Å². The molecule has 1 aromatic rings. The van der Waals surface area contributed by atoms with Gasteiger partial charge in [0.05, 0.1) is 12.5 Å². The SMILES string of the molecule is CCc1ncc(C2(C(=O)O)CCCCC2)c(OC)n1. The summed E-state index contributed by atoms with van der Waals surface area (Å²) >= 11 is 0. The van der Waals surface area contributed by atoms with Crippen molar-refractivity contribution in [2.75, 3.05) is 7.11 Å². The van der Waals surface area contributed by atoms with Crippen LogP contribution in [0.15, 0.2) is 6.20 Å². The number of ether oxygens (including phenoxy) is 1.